The molecule has 0 aliphatic carbocycles. The third-order valence-electron chi connectivity index (χ3n) is 2.56. The lowest BCUT2D eigenvalue weighted by Gasteiger charge is -2.04. The summed E-state index contributed by atoms with van der Waals surface area (Å²) in [5.41, 5.74) is 0.176. The van der Waals surface area contributed by atoms with E-state index in [9.17, 15) is 19.3 Å². The quantitative estimate of drug-likeness (QED) is 0.689. The van der Waals surface area contributed by atoms with Crippen LogP contribution in [0.5, 0.6) is 0 Å². The minimum Gasteiger partial charge on any atom is -0.307 e. The van der Waals surface area contributed by atoms with Crippen LogP contribution in [0.1, 0.15) is 15.9 Å². The molecule has 0 saturated carbocycles. The van der Waals surface area contributed by atoms with Gasteiger partial charge in [0.2, 0.25) is 5.82 Å². The zero-order valence-electron chi connectivity index (χ0n) is 10.5. The number of aromatic nitrogens is 1. The monoisotopic (exact) mass is 275 g/mol. The second-order valence-electron chi connectivity index (χ2n) is 4.10. The van der Waals surface area contributed by atoms with Gasteiger partial charge in [0, 0.05) is 17.8 Å². The Morgan fingerprint density at radius 2 is 2.10 bits per heavy atom. The number of rotatable bonds is 3. The first kappa shape index (κ1) is 13.6. The number of benzene rings is 1. The lowest BCUT2D eigenvalue weighted by atomic mass is 10.2. The number of nitrogens with one attached hydrogen (secondary N) is 1. The molecule has 1 aromatic carbocycles. The molecule has 0 radical (unpaired) electrons. The fourth-order valence-electron chi connectivity index (χ4n) is 1.52. The Morgan fingerprint density at radius 1 is 1.35 bits per heavy atom. The summed E-state index contributed by atoms with van der Waals surface area (Å²) < 4.78 is 13.2. The molecule has 2 aromatic rings. The predicted octanol–water partition coefficient (Wildman–Crippen LogP) is 2.69. The molecule has 0 atom stereocenters. The zero-order valence-corrected chi connectivity index (χ0v) is 10.5. The molecule has 102 valence electrons. The average Bonchev–Trinajstić information content (AvgIpc) is 2.41. The molecule has 0 unspecified atom stereocenters. The first-order chi connectivity index (χ1) is 9.47. The van der Waals surface area contributed by atoms with E-state index < -0.39 is 22.3 Å². The molecule has 1 aromatic heterocycles. The number of nitrogens with zero attached hydrogens (tertiary/aromatic N) is 2. The maximum absolute atomic E-state index is 13.2. The van der Waals surface area contributed by atoms with Crippen molar-refractivity contribution in [2.24, 2.45) is 0 Å². The van der Waals surface area contributed by atoms with Gasteiger partial charge in [-0.3, -0.25) is 14.9 Å². The second-order valence-corrected chi connectivity index (χ2v) is 4.10. The molecule has 1 amide bonds. The standard InChI is InChI=1S/C13H10FN3O3/c1-8-2-5-12(15-7-8)16-13(18)9-3-4-10(14)11(6-9)17(19)20/h2-7H,1H3,(H,15,16,18). The highest BCUT2D eigenvalue weighted by Crippen LogP contribution is 2.19. The summed E-state index contributed by atoms with van der Waals surface area (Å²) in [7, 11) is 0. The summed E-state index contributed by atoms with van der Waals surface area (Å²) in [6.45, 7) is 1.85. The van der Waals surface area contributed by atoms with E-state index in [1.807, 2.05) is 6.92 Å². The SMILES string of the molecule is Cc1ccc(NC(=O)c2ccc(F)c([N+](=O)[O-])c2)nc1. The van der Waals surface area contributed by atoms with E-state index in [4.69, 9.17) is 0 Å². The van der Waals surface area contributed by atoms with Crippen LogP contribution in [0.4, 0.5) is 15.9 Å². The minimum absolute atomic E-state index is 0.0134. The number of nitro benzene ring substituents is 1. The Hall–Kier alpha value is -2.83. The van der Waals surface area contributed by atoms with Crippen LogP contribution < -0.4 is 5.32 Å². The van der Waals surface area contributed by atoms with Crippen LogP contribution in [0, 0.1) is 22.9 Å². The van der Waals surface area contributed by atoms with Crippen LogP contribution in [0.25, 0.3) is 0 Å². The van der Waals surface area contributed by atoms with Crippen LogP contribution in [-0.2, 0) is 0 Å². The summed E-state index contributed by atoms with van der Waals surface area (Å²) in [5, 5.41) is 13.1. The molecule has 0 aliphatic rings. The number of hydrogen-bond donors (Lipinski definition) is 1. The molecule has 1 N–H and O–H groups in total. The zero-order chi connectivity index (χ0) is 14.7. The third-order valence-corrected chi connectivity index (χ3v) is 2.56. The van der Waals surface area contributed by atoms with Crippen molar-refractivity contribution in [2.75, 3.05) is 5.32 Å². The second kappa shape index (κ2) is 5.43. The van der Waals surface area contributed by atoms with Crippen LogP contribution >= 0.6 is 0 Å². The van der Waals surface area contributed by atoms with Gasteiger partial charge in [-0.15, -0.1) is 0 Å². The van der Waals surface area contributed by atoms with Gasteiger partial charge in [-0.2, -0.15) is 4.39 Å². The molecule has 0 saturated heterocycles. The van der Waals surface area contributed by atoms with Crippen LogP contribution in [0.3, 0.4) is 0 Å². The van der Waals surface area contributed by atoms with Gasteiger partial charge in [0.05, 0.1) is 4.92 Å². The van der Waals surface area contributed by atoms with Crippen molar-refractivity contribution >= 4 is 17.4 Å². The first-order valence-electron chi connectivity index (χ1n) is 5.65. The lowest BCUT2D eigenvalue weighted by molar-refractivity contribution is -0.387. The predicted molar refractivity (Wildman–Crippen MR) is 70.0 cm³/mol. The molecular weight excluding hydrogens is 265 g/mol. The Balaban J connectivity index is 2.23. The van der Waals surface area contributed by atoms with Gasteiger partial charge in [-0.1, -0.05) is 6.07 Å². The molecule has 2 rings (SSSR count). The molecular formula is C13H10FN3O3. The maximum atomic E-state index is 13.2. The summed E-state index contributed by atoms with van der Waals surface area (Å²) in [6.07, 6.45) is 1.57. The molecule has 6 nitrogen and oxygen atoms in total. The van der Waals surface area contributed by atoms with Gasteiger partial charge in [0.1, 0.15) is 5.82 Å². The highest BCUT2D eigenvalue weighted by Gasteiger charge is 2.17. The van der Waals surface area contributed by atoms with E-state index in [0.29, 0.717) is 5.82 Å². The Kier molecular flexibility index (Phi) is 3.69. The largest absolute Gasteiger partial charge is 0.307 e. The van der Waals surface area contributed by atoms with E-state index in [0.717, 1.165) is 17.7 Å². The van der Waals surface area contributed by atoms with Gasteiger partial charge in [0.15, 0.2) is 0 Å². The van der Waals surface area contributed by atoms with E-state index in [-0.39, 0.29) is 5.56 Å². The third kappa shape index (κ3) is 2.94. The van der Waals surface area contributed by atoms with E-state index >= 15 is 0 Å². The molecule has 7 heteroatoms. The van der Waals surface area contributed by atoms with E-state index in [2.05, 4.69) is 10.3 Å². The number of nitro groups is 1. The number of carbonyl (C=O) groups is 1. The van der Waals surface area contributed by atoms with Crippen LogP contribution in [0.15, 0.2) is 36.5 Å². The first-order valence-corrected chi connectivity index (χ1v) is 5.65. The summed E-state index contributed by atoms with van der Waals surface area (Å²) in [6, 6.07) is 6.31. The van der Waals surface area contributed by atoms with E-state index in [1.54, 1.807) is 18.3 Å². The topological polar surface area (TPSA) is 85.1 Å². The molecule has 0 bridgehead atoms. The highest BCUT2D eigenvalue weighted by molar-refractivity contribution is 6.04. The summed E-state index contributed by atoms with van der Waals surface area (Å²) >= 11 is 0. The number of anilines is 1. The van der Waals surface area contributed by atoms with Crippen molar-refractivity contribution in [1.29, 1.82) is 0 Å². The average molecular weight is 275 g/mol. The summed E-state index contributed by atoms with van der Waals surface area (Å²) in [5.74, 6) is -1.27. The molecule has 0 aliphatic heterocycles. The Morgan fingerprint density at radius 3 is 2.70 bits per heavy atom. The minimum atomic E-state index is -0.986. The molecule has 0 spiro atoms. The van der Waals surface area contributed by atoms with Gasteiger partial charge >= 0.3 is 5.69 Å². The fraction of sp³-hybridized carbons (Fsp3) is 0.0769. The van der Waals surface area contributed by atoms with Crippen molar-refractivity contribution in [1.82, 2.24) is 4.98 Å². The van der Waals surface area contributed by atoms with Crippen LogP contribution in [-0.4, -0.2) is 15.8 Å². The number of carbonyl (C=O) groups excluding carboxylic acids is 1. The lowest BCUT2D eigenvalue weighted by Crippen LogP contribution is -2.13. The molecule has 1 heterocycles. The van der Waals surface area contributed by atoms with Gasteiger partial charge in [-0.05, 0) is 30.7 Å². The number of pyridine rings is 1. The Labute approximate surface area is 113 Å². The van der Waals surface area contributed by atoms with Gasteiger partial charge < -0.3 is 5.32 Å². The molecule has 20 heavy (non-hydrogen) atoms. The van der Waals surface area contributed by atoms with Crippen molar-refractivity contribution in [3.8, 4) is 0 Å². The highest BCUT2D eigenvalue weighted by atomic mass is 19.1. The van der Waals surface area contributed by atoms with Crippen molar-refractivity contribution in [2.45, 2.75) is 6.92 Å². The maximum Gasteiger partial charge on any atom is 0.305 e. The number of amides is 1. The number of hydrogen-bond acceptors (Lipinski definition) is 4. The molecule has 0 fully saturated rings. The van der Waals surface area contributed by atoms with Crippen molar-refractivity contribution < 1.29 is 14.1 Å². The van der Waals surface area contributed by atoms with Crippen LogP contribution in [0.2, 0.25) is 0 Å². The summed E-state index contributed by atoms with van der Waals surface area (Å²) in [4.78, 5) is 25.6. The number of aryl methyl sites for hydroxylation is 1. The Bertz CT molecular complexity index is 671. The van der Waals surface area contributed by atoms with Gasteiger partial charge in [-0.25, -0.2) is 4.98 Å². The number of halogens is 1. The van der Waals surface area contributed by atoms with Gasteiger partial charge in [0.25, 0.3) is 5.91 Å². The smallest absolute Gasteiger partial charge is 0.305 e. The van der Waals surface area contributed by atoms with Crippen molar-refractivity contribution in [3.63, 3.8) is 0 Å². The normalized spacial score (nSPS) is 10.1. The van der Waals surface area contributed by atoms with E-state index in [1.165, 1.54) is 6.07 Å². The fourth-order valence-corrected chi connectivity index (χ4v) is 1.52. The van der Waals surface area contributed by atoms with Crippen molar-refractivity contribution in [3.05, 3.63) is 63.6 Å².